The van der Waals surface area contributed by atoms with E-state index in [0.717, 1.165) is 0 Å². The Labute approximate surface area is 283 Å². The molecule has 0 saturated carbocycles. The minimum absolute atomic E-state index is 1.21. The zero-order chi connectivity index (χ0) is 32.1. The molecule has 8 aromatic rings. The topological polar surface area (TPSA) is 0 Å². The van der Waals surface area contributed by atoms with Crippen molar-refractivity contribution < 1.29 is 0 Å². The third kappa shape index (κ3) is 5.77. The van der Waals surface area contributed by atoms with Crippen LogP contribution in [0, 0.1) is 0 Å². The lowest BCUT2D eigenvalue weighted by molar-refractivity contribution is 1.54. The van der Waals surface area contributed by atoms with E-state index in [-0.39, 0.29) is 0 Å². The van der Waals surface area contributed by atoms with Crippen LogP contribution >= 0.6 is 0 Å². The van der Waals surface area contributed by atoms with Crippen LogP contribution in [0.4, 0.5) is 0 Å². The summed E-state index contributed by atoms with van der Waals surface area (Å²) in [4.78, 5) is 0. The molecular formula is C48H34. The molecule has 0 saturated heterocycles. The fourth-order valence-corrected chi connectivity index (χ4v) is 6.84. The third-order valence-corrected chi connectivity index (χ3v) is 9.14. The van der Waals surface area contributed by atoms with Crippen LogP contribution in [0.25, 0.3) is 77.9 Å². The predicted molar refractivity (Wildman–Crippen MR) is 204 cm³/mol. The normalized spacial score (nSPS) is 10.9. The number of hydrogen-bond acceptors (Lipinski definition) is 0. The molecule has 48 heavy (non-hydrogen) atoms. The molecule has 0 aromatic heterocycles. The van der Waals surface area contributed by atoms with Crippen LogP contribution in [0.15, 0.2) is 206 Å². The summed E-state index contributed by atoms with van der Waals surface area (Å²) in [6, 6.07) is 74.3. The lowest BCUT2D eigenvalue weighted by atomic mass is 9.85. The molecule has 0 aliphatic heterocycles. The number of benzene rings is 8. The molecule has 0 atom stereocenters. The van der Waals surface area contributed by atoms with E-state index < -0.39 is 0 Å². The maximum absolute atomic E-state index is 2.31. The van der Waals surface area contributed by atoms with Crippen LogP contribution < -0.4 is 0 Å². The second-order valence-electron chi connectivity index (χ2n) is 12.1. The van der Waals surface area contributed by atoms with E-state index in [1.807, 2.05) is 0 Å². The van der Waals surface area contributed by atoms with Crippen LogP contribution in [0.1, 0.15) is 0 Å². The Hall–Kier alpha value is -6.24. The Morgan fingerprint density at radius 2 is 0.375 bits per heavy atom. The molecule has 0 amide bonds. The van der Waals surface area contributed by atoms with Crippen molar-refractivity contribution in [3.63, 3.8) is 0 Å². The highest BCUT2D eigenvalue weighted by molar-refractivity contribution is 5.98. The summed E-state index contributed by atoms with van der Waals surface area (Å²) in [7, 11) is 0. The van der Waals surface area contributed by atoms with Gasteiger partial charge in [-0.3, -0.25) is 0 Å². The maximum atomic E-state index is 2.31. The molecule has 0 unspecified atom stereocenters. The molecule has 0 radical (unpaired) electrons. The summed E-state index contributed by atoms with van der Waals surface area (Å²) < 4.78 is 0. The molecule has 0 heterocycles. The summed E-state index contributed by atoms with van der Waals surface area (Å²) in [5.41, 5.74) is 17.0. The summed E-state index contributed by atoms with van der Waals surface area (Å²) in [6.45, 7) is 0. The highest BCUT2D eigenvalue weighted by Crippen LogP contribution is 2.44. The van der Waals surface area contributed by atoms with Crippen LogP contribution in [-0.2, 0) is 0 Å². The molecule has 0 spiro atoms. The van der Waals surface area contributed by atoms with E-state index in [4.69, 9.17) is 0 Å². The smallest absolute Gasteiger partial charge is 0.00990 e. The maximum Gasteiger partial charge on any atom is -0.00990 e. The Morgan fingerprint density at radius 1 is 0.146 bits per heavy atom. The van der Waals surface area contributed by atoms with E-state index >= 15 is 0 Å². The largest absolute Gasteiger partial charge is 0.0622 e. The van der Waals surface area contributed by atoms with Crippen LogP contribution in [0.2, 0.25) is 0 Å². The molecule has 0 fully saturated rings. The monoisotopic (exact) mass is 610 g/mol. The Balaban J connectivity index is 1.25. The quantitative estimate of drug-likeness (QED) is 0.168. The van der Waals surface area contributed by atoms with Gasteiger partial charge in [-0.05, 0) is 90.0 Å². The van der Waals surface area contributed by atoms with Crippen LogP contribution in [0.5, 0.6) is 0 Å². The first-order chi connectivity index (χ1) is 23.8. The second kappa shape index (κ2) is 13.2. The van der Waals surface area contributed by atoms with Gasteiger partial charge in [0.15, 0.2) is 0 Å². The first-order valence-electron chi connectivity index (χ1n) is 16.5. The lowest BCUT2D eigenvalue weighted by Gasteiger charge is -2.19. The zero-order valence-electron chi connectivity index (χ0n) is 26.6. The minimum Gasteiger partial charge on any atom is -0.0622 e. The molecule has 0 N–H and O–H groups in total. The van der Waals surface area contributed by atoms with Gasteiger partial charge in [0.25, 0.3) is 0 Å². The first-order valence-corrected chi connectivity index (χ1v) is 16.5. The molecule has 0 nitrogen and oxygen atoms in total. The SMILES string of the molecule is c1ccc(-c2cccc(-c3ccccc3-c3ccccc3-c3ccccc3-c3ccccc3-c3cccc(-c4ccccc4)c3)c2)cc1. The number of hydrogen-bond donors (Lipinski definition) is 0. The number of rotatable bonds is 7. The fraction of sp³-hybridized carbons (Fsp3) is 0. The van der Waals surface area contributed by atoms with Crippen molar-refractivity contribution in [3.8, 4) is 77.9 Å². The average Bonchev–Trinajstić information content (AvgIpc) is 3.19. The van der Waals surface area contributed by atoms with Crippen molar-refractivity contribution in [2.45, 2.75) is 0 Å². The van der Waals surface area contributed by atoms with Gasteiger partial charge < -0.3 is 0 Å². The van der Waals surface area contributed by atoms with E-state index in [1.54, 1.807) is 0 Å². The van der Waals surface area contributed by atoms with Crippen molar-refractivity contribution >= 4 is 0 Å². The standard InChI is InChI=1S/C48H34/c1-3-17-35(18-4-1)37-21-15-23-39(33-37)41-25-7-9-27-43(41)45-29-11-13-31-47(45)48-32-14-12-30-46(48)44-28-10-8-26-42(44)40-24-16-22-38(34-40)36-19-5-2-6-20-36/h1-34H. The van der Waals surface area contributed by atoms with Crippen LogP contribution in [0.3, 0.4) is 0 Å². The van der Waals surface area contributed by atoms with Gasteiger partial charge in [-0.25, -0.2) is 0 Å². The average molecular weight is 611 g/mol. The molecule has 0 heteroatoms. The summed E-state index contributed by atoms with van der Waals surface area (Å²) in [6.07, 6.45) is 0. The van der Waals surface area contributed by atoms with Crippen LogP contribution in [-0.4, -0.2) is 0 Å². The molecular weight excluding hydrogens is 577 g/mol. The van der Waals surface area contributed by atoms with Gasteiger partial charge >= 0.3 is 0 Å². The lowest BCUT2D eigenvalue weighted by Crippen LogP contribution is -1.93. The van der Waals surface area contributed by atoms with Gasteiger partial charge in [-0.15, -0.1) is 0 Å². The highest BCUT2D eigenvalue weighted by Gasteiger charge is 2.17. The van der Waals surface area contributed by atoms with Crippen molar-refractivity contribution in [1.82, 2.24) is 0 Å². The first kappa shape index (κ1) is 29.2. The summed E-state index contributed by atoms with van der Waals surface area (Å²) in [5, 5.41) is 0. The molecule has 226 valence electrons. The van der Waals surface area contributed by atoms with Crippen molar-refractivity contribution in [2.24, 2.45) is 0 Å². The van der Waals surface area contributed by atoms with Gasteiger partial charge in [-0.1, -0.05) is 194 Å². The molecule has 0 aliphatic rings. The van der Waals surface area contributed by atoms with E-state index in [2.05, 4.69) is 206 Å². The van der Waals surface area contributed by atoms with Crippen molar-refractivity contribution in [1.29, 1.82) is 0 Å². The van der Waals surface area contributed by atoms with E-state index in [9.17, 15) is 0 Å². The van der Waals surface area contributed by atoms with E-state index in [0.29, 0.717) is 0 Å². The van der Waals surface area contributed by atoms with Gasteiger partial charge in [-0.2, -0.15) is 0 Å². The van der Waals surface area contributed by atoms with Gasteiger partial charge in [0.1, 0.15) is 0 Å². The zero-order valence-corrected chi connectivity index (χ0v) is 26.6. The summed E-state index contributed by atoms with van der Waals surface area (Å²) in [5.74, 6) is 0. The Bertz CT molecular complexity index is 2160. The minimum atomic E-state index is 1.21. The van der Waals surface area contributed by atoms with Crippen molar-refractivity contribution in [3.05, 3.63) is 206 Å². The summed E-state index contributed by atoms with van der Waals surface area (Å²) >= 11 is 0. The molecule has 8 rings (SSSR count). The highest BCUT2D eigenvalue weighted by atomic mass is 14.2. The van der Waals surface area contributed by atoms with E-state index in [1.165, 1.54) is 77.9 Å². The molecule has 0 aliphatic carbocycles. The van der Waals surface area contributed by atoms with Crippen molar-refractivity contribution in [2.75, 3.05) is 0 Å². The van der Waals surface area contributed by atoms with Gasteiger partial charge in [0.2, 0.25) is 0 Å². The van der Waals surface area contributed by atoms with Gasteiger partial charge in [0, 0.05) is 0 Å². The predicted octanol–water partition coefficient (Wildman–Crippen LogP) is 13.4. The fourth-order valence-electron chi connectivity index (χ4n) is 6.84. The van der Waals surface area contributed by atoms with Gasteiger partial charge in [0.05, 0.1) is 0 Å². The Kier molecular flexibility index (Phi) is 8.05. The molecule has 8 aromatic carbocycles. The Morgan fingerprint density at radius 3 is 0.708 bits per heavy atom. The second-order valence-corrected chi connectivity index (χ2v) is 12.1. The third-order valence-electron chi connectivity index (χ3n) is 9.14. The molecule has 0 bridgehead atoms.